The molecule has 10 nitrogen and oxygen atoms in total. The number of phenols is 1. The zero-order valence-corrected chi connectivity index (χ0v) is 26.0. The quantitative estimate of drug-likeness (QED) is 0.160. The number of nitrogens with one attached hydrogen (secondary N) is 1. The molecule has 1 amide bonds. The lowest BCUT2D eigenvalue weighted by Crippen LogP contribution is -2.09. The average molecular weight is 642 g/mol. The fraction of sp³-hybridized carbons (Fsp3) is 0.0789. The van der Waals surface area contributed by atoms with Gasteiger partial charge >= 0.3 is 11.9 Å². The van der Waals surface area contributed by atoms with Gasteiger partial charge in [-0.1, -0.05) is 66.4 Å². The Hall–Kier alpha value is -6.55. The van der Waals surface area contributed by atoms with Gasteiger partial charge in [-0.25, -0.2) is 19.6 Å². The summed E-state index contributed by atoms with van der Waals surface area (Å²) in [4.78, 5) is 41.6. The van der Waals surface area contributed by atoms with E-state index < -0.39 is 23.4 Å². The lowest BCUT2D eigenvalue weighted by Gasteiger charge is -2.21. The number of H-pyrrole nitrogens is 1. The summed E-state index contributed by atoms with van der Waals surface area (Å²) in [5.74, 6) is -3.71. The molecule has 0 aliphatic rings. The number of aromatic nitrogens is 2. The number of amides is 1. The molecule has 2 heterocycles. The summed E-state index contributed by atoms with van der Waals surface area (Å²) < 4.78 is 0. The van der Waals surface area contributed by atoms with E-state index in [9.17, 15) is 34.8 Å². The summed E-state index contributed by atoms with van der Waals surface area (Å²) in [7, 11) is 3.38. The summed E-state index contributed by atoms with van der Waals surface area (Å²) >= 11 is 0. The van der Waals surface area contributed by atoms with Crippen LogP contribution in [0.5, 0.6) is 11.5 Å². The predicted molar refractivity (Wildman–Crippen MR) is 181 cm³/mol. The Morgan fingerprint density at radius 1 is 0.771 bits per heavy atom. The van der Waals surface area contributed by atoms with Gasteiger partial charge in [-0.3, -0.25) is 4.79 Å². The molecule has 240 valence electrons. The number of carbonyl (C=O) groups is 3. The number of aromatic carboxylic acids is 2. The maximum absolute atomic E-state index is 12.9. The Morgan fingerprint density at radius 2 is 1.31 bits per heavy atom. The number of rotatable bonds is 5. The first-order valence-corrected chi connectivity index (χ1v) is 14.8. The van der Waals surface area contributed by atoms with E-state index in [1.807, 2.05) is 24.5 Å². The summed E-state index contributed by atoms with van der Waals surface area (Å²) in [6.07, 6.45) is 4.40. The van der Waals surface area contributed by atoms with Crippen molar-refractivity contribution in [3.05, 3.63) is 132 Å². The second-order valence-electron chi connectivity index (χ2n) is 11.1. The number of nitrogens with zero attached hydrogens (tertiary/aromatic N) is 2. The lowest BCUT2D eigenvalue weighted by atomic mass is 9.90. The number of benzene rings is 5. The molecule has 48 heavy (non-hydrogen) atoms. The highest BCUT2D eigenvalue weighted by atomic mass is 16.4. The smallest absolute Gasteiger partial charge is 0.339 e. The van der Waals surface area contributed by atoms with Crippen molar-refractivity contribution in [3.8, 4) is 11.5 Å². The Morgan fingerprint density at radius 3 is 1.94 bits per heavy atom. The summed E-state index contributed by atoms with van der Waals surface area (Å²) in [6, 6.07) is 28.8. The first-order chi connectivity index (χ1) is 23.1. The van der Waals surface area contributed by atoms with Gasteiger partial charge in [0.25, 0.3) is 0 Å². The molecule has 0 unspecified atom stereocenters. The van der Waals surface area contributed by atoms with Gasteiger partial charge in [0, 0.05) is 49.1 Å². The van der Waals surface area contributed by atoms with Gasteiger partial charge in [0.15, 0.2) is 6.20 Å². The molecule has 0 saturated heterocycles. The van der Waals surface area contributed by atoms with Crippen LogP contribution in [0.3, 0.4) is 0 Å². The first kappa shape index (κ1) is 32.8. The molecule has 7 aromatic rings. The number of pyridine rings is 2. The van der Waals surface area contributed by atoms with Crippen molar-refractivity contribution in [1.82, 2.24) is 9.88 Å². The third kappa shape index (κ3) is 6.82. The number of carboxylic acids is 2. The number of fused-ring (bicyclic) bond motifs is 5. The normalized spacial score (nSPS) is 10.5. The Kier molecular flexibility index (Phi) is 9.75. The first-order valence-electron chi connectivity index (χ1n) is 14.8. The predicted octanol–water partition coefficient (Wildman–Crippen LogP) is 5.67. The third-order valence-corrected chi connectivity index (χ3v) is 7.66. The molecule has 2 aromatic heterocycles. The van der Waals surface area contributed by atoms with Crippen LogP contribution in [0.2, 0.25) is 0 Å². The molecular weight excluding hydrogens is 610 g/mol. The van der Waals surface area contributed by atoms with Crippen LogP contribution in [0.4, 0.5) is 0 Å². The van der Waals surface area contributed by atoms with Crippen LogP contribution in [0.15, 0.2) is 109 Å². The molecule has 0 aliphatic carbocycles. The SMILES string of the molecule is CN(C)C=O.O=C(O)c1cc2ccccc2c(Cc2c(O)c(C(=O)O)cc3ccccc23)c1[O-].c1cnc2c(c1)ccc1ccc[nH+]c12. The molecule has 10 heteroatoms. The van der Waals surface area contributed by atoms with Crippen molar-refractivity contribution >= 4 is 61.7 Å². The molecule has 0 aliphatic heterocycles. The van der Waals surface area contributed by atoms with Crippen LogP contribution < -0.4 is 10.1 Å². The van der Waals surface area contributed by atoms with Gasteiger partial charge in [0.2, 0.25) is 11.9 Å². The summed E-state index contributed by atoms with van der Waals surface area (Å²) in [5.41, 5.74) is 1.96. The van der Waals surface area contributed by atoms with Gasteiger partial charge < -0.3 is 25.3 Å². The van der Waals surface area contributed by atoms with E-state index in [1.54, 1.807) is 62.6 Å². The monoisotopic (exact) mass is 641 g/mol. The maximum atomic E-state index is 12.9. The minimum absolute atomic E-state index is 0.103. The average Bonchev–Trinajstić information content (AvgIpc) is 3.10. The van der Waals surface area contributed by atoms with E-state index in [-0.39, 0.29) is 28.7 Å². The van der Waals surface area contributed by atoms with Crippen molar-refractivity contribution in [2.45, 2.75) is 6.42 Å². The largest absolute Gasteiger partial charge is 0.872 e. The molecule has 0 spiro atoms. The van der Waals surface area contributed by atoms with Crippen LogP contribution in [0.1, 0.15) is 31.8 Å². The van der Waals surface area contributed by atoms with Crippen LogP contribution in [-0.4, -0.2) is 57.6 Å². The Bertz CT molecular complexity index is 2160. The maximum Gasteiger partial charge on any atom is 0.339 e. The minimum Gasteiger partial charge on any atom is -0.872 e. The van der Waals surface area contributed by atoms with Crippen molar-refractivity contribution in [1.29, 1.82) is 0 Å². The third-order valence-electron chi connectivity index (χ3n) is 7.66. The van der Waals surface area contributed by atoms with Crippen LogP contribution in [-0.2, 0) is 11.2 Å². The van der Waals surface area contributed by atoms with Gasteiger partial charge in [0.1, 0.15) is 16.8 Å². The minimum atomic E-state index is -1.34. The molecule has 0 fully saturated rings. The molecule has 0 radical (unpaired) electrons. The Labute approximate surface area is 274 Å². The van der Waals surface area contributed by atoms with Crippen molar-refractivity contribution < 1.29 is 39.8 Å². The van der Waals surface area contributed by atoms with E-state index in [0.29, 0.717) is 21.5 Å². The van der Waals surface area contributed by atoms with Crippen molar-refractivity contribution in [2.24, 2.45) is 0 Å². The molecule has 5 aromatic carbocycles. The summed E-state index contributed by atoms with van der Waals surface area (Å²) in [5, 5.41) is 47.2. The van der Waals surface area contributed by atoms with E-state index in [1.165, 1.54) is 27.8 Å². The second kappa shape index (κ2) is 14.3. The van der Waals surface area contributed by atoms with Crippen LogP contribution in [0.25, 0.3) is 43.4 Å². The zero-order valence-electron chi connectivity index (χ0n) is 26.0. The number of aromatic amines is 1. The molecular formula is C38H31N3O7. The zero-order chi connectivity index (χ0) is 34.4. The Balaban J connectivity index is 0.000000195. The highest BCUT2D eigenvalue weighted by molar-refractivity contribution is 6.03. The number of carboxylic acid groups (broad SMARTS) is 2. The number of aromatic hydroxyl groups is 1. The van der Waals surface area contributed by atoms with E-state index in [0.717, 1.165) is 17.4 Å². The lowest BCUT2D eigenvalue weighted by molar-refractivity contribution is -0.343. The van der Waals surface area contributed by atoms with Crippen LogP contribution in [0, 0.1) is 0 Å². The van der Waals surface area contributed by atoms with E-state index >= 15 is 0 Å². The highest BCUT2D eigenvalue weighted by Crippen LogP contribution is 2.38. The molecule has 4 N–H and O–H groups in total. The number of hydrogen-bond acceptors (Lipinski definition) is 6. The highest BCUT2D eigenvalue weighted by Gasteiger charge is 2.20. The van der Waals surface area contributed by atoms with Gasteiger partial charge in [-0.15, -0.1) is 0 Å². The topological polar surface area (TPSA) is 165 Å². The van der Waals surface area contributed by atoms with Gasteiger partial charge in [-0.05, 0) is 57.4 Å². The standard InChI is InChI=1S/C23H16O6.C12H8N2.C3H7NO/c24-20-16(14-7-3-1-5-12(14)9-18(20)22(26)27)11-17-15-8-4-2-6-13(15)10-19(21(17)25)23(28)29;1-3-9-5-6-10-4-2-8-14-12(10)11(9)13-7-1;1-4(2)3-5/h1-10,24-25H,11H2,(H,26,27)(H,28,29);1-8H;3H,1-2H3. The van der Waals surface area contributed by atoms with Crippen molar-refractivity contribution in [2.75, 3.05) is 14.1 Å². The molecule has 0 saturated carbocycles. The summed E-state index contributed by atoms with van der Waals surface area (Å²) in [6.45, 7) is 0. The van der Waals surface area contributed by atoms with E-state index in [4.69, 9.17) is 0 Å². The fourth-order valence-electron chi connectivity index (χ4n) is 5.40. The van der Waals surface area contributed by atoms with Crippen molar-refractivity contribution in [3.63, 3.8) is 0 Å². The fourth-order valence-corrected chi connectivity index (χ4v) is 5.40. The second-order valence-corrected chi connectivity index (χ2v) is 11.1. The van der Waals surface area contributed by atoms with Gasteiger partial charge in [0.05, 0.1) is 5.56 Å². The number of carbonyl (C=O) groups excluding carboxylic acids is 1. The number of hydrogen-bond donors (Lipinski definition) is 3. The molecule has 0 bridgehead atoms. The molecule has 0 atom stereocenters. The van der Waals surface area contributed by atoms with Gasteiger partial charge in [-0.2, -0.15) is 0 Å². The molecule has 7 rings (SSSR count). The van der Waals surface area contributed by atoms with E-state index in [2.05, 4.69) is 34.2 Å². The van der Waals surface area contributed by atoms with Crippen LogP contribution >= 0.6 is 0 Å².